The van der Waals surface area contributed by atoms with Crippen LogP contribution in [0.1, 0.15) is 12.1 Å². The number of anilines is 1. The topological polar surface area (TPSA) is 65.8 Å². The van der Waals surface area contributed by atoms with E-state index in [1.54, 1.807) is 6.20 Å². The summed E-state index contributed by atoms with van der Waals surface area (Å²) in [5.74, 6) is 0. The highest BCUT2D eigenvalue weighted by molar-refractivity contribution is 14.1. The average Bonchev–Trinajstić information content (AvgIpc) is 2.46. The van der Waals surface area contributed by atoms with Crippen molar-refractivity contribution >= 4 is 45.3 Å². The third-order valence-corrected chi connectivity index (χ3v) is 3.68. The van der Waals surface area contributed by atoms with Gasteiger partial charge in [-0.2, -0.15) is 5.26 Å². The van der Waals surface area contributed by atoms with E-state index in [2.05, 4.69) is 39.0 Å². The maximum atomic E-state index is 10.5. The van der Waals surface area contributed by atoms with Gasteiger partial charge in [-0.15, -0.1) is 0 Å². The molecule has 1 N–H and O–H groups in total. The quantitative estimate of drug-likeness (QED) is 0.503. The number of aromatic nitrogens is 1. The lowest BCUT2D eigenvalue weighted by Crippen LogP contribution is -2.09. The van der Waals surface area contributed by atoms with Gasteiger partial charge in [0, 0.05) is 23.8 Å². The summed E-state index contributed by atoms with van der Waals surface area (Å²) in [6, 6.07) is 9.77. The molecule has 19 heavy (non-hydrogen) atoms. The number of halogens is 1. The molecule has 0 aliphatic carbocycles. The van der Waals surface area contributed by atoms with Crippen molar-refractivity contribution in [2.75, 3.05) is 11.9 Å². The van der Waals surface area contributed by atoms with Gasteiger partial charge in [0.05, 0.1) is 3.92 Å². The summed E-state index contributed by atoms with van der Waals surface area (Å²) in [5.41, 5.74) is 1.43. The summed E-state index contributed by atoms with van der Waals surface area (Å²) < 4.78 is 0.0416. The van der Waals surface area contributed by atoms with E-state index in [9.17, 15) is 4.79 Å². The number of hydrogen-bond acceptors (Lipinski definition) is 4. The minimum absolute atomic E-state index is 0.0416. The predicted octanol–water partition coefficient (Wildman–Crippen LogP) is 2.91. The summed E-state index contributed by atoms with van der Waals surface area (Å²) in [6.45, 7) is 0.744. The smallest absolute Gasteiger partial charge is 0.148 e. The van der Waals surface area contributed by atoms with E-state index in [1.165, 1.54) is 0 Å². The van der Waals surface area contributed by atoms with Crippen LogP contribution in [0.15, 0.2) is 30.5 Å². The molecule has 0 aliphatic heterocycles. The molecule has 2 rings (SSSR count). The lowest BCUT2D eigenvalue weighted by atomic mass is 10.1. The van der Waals surface area contributed by atoms with Gasteiger partial charge in [-0.1, -0.05) is 22.6 Å². The van der Waals surface area contributed by atoms with E-state index in [-0.39, 0.29) is 3.92 Å². The Morgan fingerprint density at radius 3 is 3.05 bits per heavy atom. The fourth-order valence-corrected chi connectivity index (χ4v) is 2.11. The van der Waals surface area contributed by atoms with Gasteiger partial charge in [-0.3, -0.25) is 0 Å². The van der Waals surface area contributed by atoms with Gasteiger partial charge in [0.15, 0.2) is 0 Å². The van der Waals surface area contributed by atoms with Crippen molar-refractivity contribution < 1.29 is 4.79 Å². The van der Waals surface area contributed by atoms with Gasteiger partial charge in [0.2, 0.25) is 0 Å². The lowest BCUT2D eigenvalue weighted by molar-refractivity contribution is -0.107. The minimum Gasteiger partial charge on any atom is -0.385 e. The molecule has 1 aromatic carbocycles. The van der Waals surface area contributed by atoms with Crippen molar-refractivity contribution in [1.82, 2.24) is 4.98 Å². The summed E-state index contributed by atoms with van der Waals surface area (Å²) in [4.78, 5) is 14.5. The molecule has 1 unspecified atom stereocenters. The van der Waals surface area contributed by atoms with E-state index in [1.807, 2.05) is 24.3 Å². The van der Waals surface area contributed by atoms with Gasteiger partial charge in [-0.25, -0.2) is 4.98 Å². The molecule has 1 aromatic heterocycles. The van der Waals surface area contributed by atoms with Crippen LogP contribution in [0.25, 0.3) is 10.8 Å². The molecule has 5 heteroatoms. The molecule has 0 spiro atoms. The average molecular weight is 365 g/mol. The van der Waals surface area contributed by atoms with Gasteiger partial charge in [-0.05, 0) is 36.1 Å². The second-order valence-electron chi connectivity index (χ2n) is 4.07. The molecule has 0 bridgehead atoms. The van der Waals surface area contributed by atoms with E-state index in [0.717, 1.165) is 35.7 Å². The van der Waals surface area contributed by atoms with Crippen LogP contribution in [-0.4, -0.2) is 21.7 Å². The van der Waals surface area contributed by atoms with Crippen LogP contribution in [0.3, 0.4) is 0 Å². The Morgan fingerprint density at radius 2 is 2.32 bits per heavy atom. The van der Waals surface area contributed by atoms with Gasteiger partial charge in [0.25, 0.3) is 0 Å². The van der Waals surface area contributed by atoms with E-state index < -0.39 is 0 Å². The Labute approximate surface area is 125 Å². The Kier molecular flexibility index (Phi) is 4.68. The first-order chi connectivity index (χ1) is 9.24. The Hall–Kier alpha value is -1.68. The Morgan fingerprint density at radius 1 is 1.47 bits per heavy atom. The van der Waals surface area contributed by atoms with Crippen LogP contribution in [-0.2, 0) is 4.79 Å². The molecule has 96 valence electrons. The van der Waals surface area contributed by atoms with Gasteiger partial charge in [0.1, 0.15) is 18.0 Å². The molecule has 1 atom stereocenters. The fourth-order valence-electron chi connectivity index (χ4n) is 1.80. The highest BCUT2D eigenvalue weighted by Crippen LogP contribution is 2.21. The summed E-state index contributed by atoms with van der Waals surface area (Å²) >= 11 is 2.12. The molecule has 0 saturated heterocycles. The second-order valence-corrected chi connectivity index (χ2v) is 5.67. The first kappa shape index (κ1) is 13.7. The number of benzene rings is 1. The SMILES string of the molecule is N#Cc1nccc2cc(NCCC(I)C=O)ccc12. The molecule has 2 aromatic rings. The van der Waals surface area contributed by atoms with Gasteiger partial charge >= 0.3 is 0 Å². The number of pyridine rings is 1. The summed E-state index contributed by atoms with van der Waals surface area (Å²) in [5, 5.41) is 14.1. The largest absolute Gasteiger partial charge is 0.385 e. The maximum absolute atomic E-state index is 10.5. The molecule has 0 fully saturated rings. The number of alkyl halides is 1. The van der Waals surface area contributed by atoms with Crippen molar-refractivity contribution in [1.29, 1.82) is 5.26 Å². The maximum Gasteiger partial charge on any atom is 0.148 e. The van der Waals surface area contributed by atoms with E-state index >= 15 is 0 Å². The van der Waals surface area contributed by atoms with Crippen molar-refractivity contribution in [3.63, 3.8) is 0 Å². The normalized spacial score (nSPS) is 11.8. The molecule has 4 nitrogen and oxygen atoms in total. The number of fused-ring (bicyclic) bond motifs is 1. The highest BCUT2D eigenvalue weighted by atomic mass is 127. The second kappa shape index (κ2) is 6.48. The van der Waals surface area contributed by atoms with Crippen LogP contribution in [0.2, 0.25) is 0 Å². The molecule has 1 heterocycles. The number of nitrogens with one attached hydrogen (secondary N) is 1. The Bertz CT molecular complexity index is 636. The van der Waals surface area contributed by atoms with Crippen molar-refractivity contribution in [2.45, 2.75) is 10.3 Å². The minimum atomic E-state index is 0.0416. The fraction of sp³-hybridized carbons (Fsp3) is 0.214. The number of carbonyl (C=O) groups is 1. The molecule has 0 amide bonds. The number of aldehydes is 1. The molecule has 0 radical (unpaired) electrons. The first-order valence-electron chi connectivity index (χ1n) is 5.86. The predicted molar refractivity (Wildman–Crippen MR) is 83.4 cm³/mol. The van der Waals surface area contributed by atoms with E-state index in [4.69, 9.17) is 5.26 Å². The number of hydrogen-bond donors (Lipinski definition) is 1. The zero-order valence-electron chi connectivity index (χ0n) is 10.1. The molecular formula is C14H12IN3O. The van der Waals surface area contributed by atoms with Crippen LogP contribution >= 0.6 is 22.6 Å². The number of nitriles is 1. The molecular weight excluding hydrogens is 353 g/mol. The van der Waals surface area contributed by atoms with E-state index in [0.29, 0.717) is 5.69 Å². The third-order valence-electron chi connectivity index (χ3n) is 2.77. The van der Waals surface area contributed by atoms with Crippen LogP contribution in [0, 0.1) is 11.3 Å². The molecule has 0 aliphatic rings. The van der Waals surface area contributed by atoms with Gasteiger partial charge < -0.3 is 10.1 Å². The monoisotopic (exact) mass is 365 g/mol. The lowest BCUT2D eigenvalue weighted by Gasteiger charge is -2.08. The zero-order valence-corrected chi connectivity index (χ0v) is 12.3. The standard InChI is InChI=1S/C14H12IN3O/c15-11(9-19)4-6-17-12-1-2-13-10(7-12)3-5-18-14(13)8-16/h1-3,5,7,9,11,17H,4,6H2. The van der Waals surface area contributed by atoms with Crippen LogP contribution in [0.5, 0.6) is 0 Å². The number of rotatable bonds is 5. The highest BCUT2D eigenvalue weighted by Gasteiger charge is 2.03. The van der Waals surface area contributed by atoms with Crippen molar-refractivity contribution in [2.24, 2.45) is 0 Å². The third kappa shape index (κ3) is 3.41. The van der Waals surface area contributed by atoms with Crippen molar-refractivity contribution in [3.05, 3.63) is 36.2 Å². The van der Waals surface area contributed by atoms with Crippen LogP contribution < -0.4 is 5.32 Å². The summed E-state index contributed by atoms with van der Waals surface area (Å²) in [7, 11) is 0. The Balaban J connectivity index is 2.14. The molecule has 0 saturated carbocycles. The summed E-state index contributed by atoms with van der Waals surface area (Å²) in [6.07, 6.45) is 3.38. The number of carbonyl (C=O) groups excluding carboxylic acids is 1. The van der Waals surface area contributed by atoms with Crippen molar-refractivity contribution in [3.8, 4) is 6.07 Å². The zero-order chi connectivity index (χ0) is 13.7. The van der Waals surface area contributed by atoms with Crippen LogP contribution in [0.4, 0.5) is 5.69 Å². The number of nitrogens with zero attached hydrogens (tertiary/aromatic N) is 2. The first-order valence-corrected chi connectivity index (χ1v) is 7.11.